The number of benzene rings is 2. The van der Waals surface area contributed by atoms with Gasteiger partial charge in [0.05, 0.1) is 14.9 Å². The normalized spacial score (nSPS) is 16.1. The Kier molecular flexibility index (Phi) is 8.18. The molecule has 3 rings (SSSR count). The molecule has 2 N–H and O–H groups in total. The molecule has 0 saturated carbocycles. The van der Waals surface area contributed by atoms with E-state index >= 15 is 0 Å². The molecule has 0 radical (unpaired) electrons. The zero-order chi connectivity index (χ0) is 22.4. The zero-order valence-corrected chi connectivity index (χ0v) is 19.1. The van der Waals surface area contributed by atoms with Crippen molar-refractivity contribution in [1.82, 2.24) is 9.62 Å². The molecule has 1 aliphatic heterocycles. The van der Waals surface area contributed by atoms with Crippen LogP contribution < -0.4 is 9.46 Å². The Morgan fingerprint density at radius 2 is 1.74 bits per heavy atom. The number of halogens is 2. The van der Waals surface area contributed by atoms with Gasteiger partial charge in [0.15, 0.2) is 0 Å². The van der Waals surface area contributed by atoms with Gasteiger partial charge in [0.25, 0.3) is 0 Å². The molecule has 1 heterocycles. The van der Waals surface area contributed by atoms with Gasteiger partial charge < -0.3 is 9.84 Å². The average Bonchev–Trinajstić information content (AvgIpc) is 2.75. The number of hydrogen-bond acceptors (Lipinski definition) is 5. The second-order valence-electron chi connectivity index (χ2n) is 7.31. The van der Waals surface area contributed by atoms with Crippen LogP contribution in [-0.2, 0) is 21.4 Å². The van der Waals surface area contributed by atoms with Crippen molar-refractivity contribution in [2.75, 3.05) is 19.6 Å². The predicted molar refractivity (Wildman–Crippen MR) is 119 cm³/mol. The Morgan fingerprint density at radius 3 is 2.35 bits per heavy atom. The molecule has 1 unspecified atom stereocenters. The van der Waals surface area contributed by atoms with Crippen molar-refractivity contribution in [3.05, 3.63) is 58.1 Å². The third kappa shape index (κ3) is 6.57. The lowest BCUT2D eigenvalue weighted by Gasteiger charge is -2.31. The van der Waals surface area contributed by atoms with E-state index in [9.17, 15) is 18.3 Å². The number of rotatable bonds is 9. The van der Waals surface area contributed by atoms with Gasteiger partial charge in [-0.1, -0.05) is 35.7 Å². The number of hydrogen-bond donors (Lipinski definition) is 2. The van der Waals surface area contributed by atoms with Crippen LogP contribution in [0.1, 0.15) is 24.8 Å². The minimum atomic E-state index is -3.85. The summed E-state index contributed by atoms with van der Waals surface area (Å²) >= 11 is 11.9. The number of ether oxygens (including phenoxy) is 1. The van der Waals surface area contributed by atoms with Crippen molar-refractivity contribution in [3.8, 4) is 5.75 Å². The van der Waals surface area contributed by atoms with E-state index in [-0.39, 0.29) is 18.0 Å². The van der Waals surface area contributed by atoms with E-state index in [1.54, 1.807) is 30.3 Å². The van der Waals surface area contributed by atoms with E-state index in [2.05, 4.69) is 4.72 Å². The summed E-state index contributed by atoms with van der Waals surface area (Å²) in [6.45, 7) is 1.37. The number of sulfonamides is 1. The average molecular weight is 487 g/mol. The van der Waals surface area contributed by atoms with Gasteiger partial charge in [-0.3, -0.25) is 9.69 Å². The predicted octanol–water partition coefficient (Wildman–Crippen LogP) is 3.79. The molecule has 1 saturated heterocycles. The number of nitrogens with one attached hydrogen (secondary N) is 1. The molecule has 0 amide bonds. The fraction of sp³-hybridized carbons (Fsp3) is 0.381. The standard InChI is InChI=1S/C21H24Cl2N2O5S/c22-18-9-4-15(12-19(18)23)14-30-16-5-7-17(8-6-16)31(28,29)24-13-20(21(26)27)25-10-2-1-3-11-25/h4-9,12,20,24H,1-3,10-11,13-14H2,(H,26,27). The summed E-state index contributed by atoms with van der Waals surface area (Å²) in [6, 6.07) is 10.2. The lowest BCUT2D eigenvalue weighted by molar-refractivity contribution is -0.143. The Morgan fingerprint density at radius 1 is 1.06 bits per heavy atom. The number of carboxylic acids is 1. The minimum Gasteiger partial charge on any atom is -0.489 e. The van der Waals surface area contributed by atoms with E-state index in [4.69, 9.17) is 27.9 Å². The fourth-order valence-electron chi connectivity index (χ4n) is 3.39. The first kappa shape index (κ1) is 23.8. The van der Waals surface area contributed by atoms with Crippen molar-refractivity contribution in [2.45, 2.75) is 36.8 Å². The number of aliphatic carboxylic acids is 1. The zero-order valence-electron chi connectivity index (χ0n) is 16.8. The van der Waals surface area contributed by atoms with Crippen LogP contribution in [0.2, 0.25) is 10.0 Å². The van der Waals surface area contributed by atoms with Crippen LogP contribution in [-0.4, -0.2) is 50.1 Å². The lowest BCUT2D eigenvalue weighted by Crippen LogP contribution is -2.50. The van der Waals surface area contributed by atoms with Gasteiger partial charge in [-0.25, -0.2) is 13.1 Å². The first-order valence-electron chi connectivity index (χ1n) is 9.89. The molecular formula is C21H24Cl2N2O5S. The maximum absolute atomic E-state index is 12.6. The molecule has 10 heteroatoms. The molecule has 7 nitrogen and oxygen atoms in total. The van der Waals surface area contributed by atoms with E-state index in [1.165, 1.54) is 12.1 Å². The minimum absolute atomic E-state index is 0.0390. The SMILES string of the molecule is O=C(O)C(CNS(=O)(=O)c1ccc(OCc2ccc(Cl)c(Cl)c2)cc1)N1CCCCC1. The van der Waals surface area contributed by atoms with Crippen molar-refractivity contribution < 1.29 is 23.1 Å². The monoisotopic (exact) mass is 486 g/mol. The lowest BCUT2D eigenvalue weighted by atomic mass is 10.1. The summed E-state index contributed by atoms with van der Waals surface area (Å²) in [5.41, 5.74) is 0.824. The topological polar surface area (TPSA) is 95.9 Å². The number of nitrogens with zero attached hydrogens (tertiary/aromatic N) is 1. The van der Waals surface area contributed by atoms with Crippen LogP contribution in [0.15, 0.2) is 47.4 Å². The van der Waals surface area contributed by atoms with E-state index < -0.39 is 22.0 Å². The van der Waals surface area contributed by atoms with Crippen LogP contribution >= 0.6 is 23.2 Å². The Hall–Kier alpha value is -1.84. The van der Waals surface area contributed by atoms with Gasteiger partial charge in [0.2, 0.25) is 10.0 Å². The van der Waals surface area contributed by atoms with Gasteiger partial charge in [-0.15, -0.1) is 0 Å². The molecule has 168 valence electrons. The molecule has 0 aromatic heterocycles. The summed E-state index contributed by atoms with van der Waals surface area (Å²) < 4.78 is 33.3. The maximum Gasteiger partial charge on any atom is 0.322 e. The third-order valence-corrected chi connectivity index (χ3v) is 7.29. The molecule has 1 aliphatic rings. The second-order valence-corrected chi connectivity index (χ2v) is 9.89. The smallest absolute Gasteiger partial charge is 0.322 e. The quantitative estimate of drug-likeness (QED) is 0.559. The van der Waals surface area contributed by atoms with Crippen molar-refractivity contribution in [3.63, 3.8) is 0 Å². The highest BCUT2D eigenvalue weighted by molar-refractivity contribution is 7.89. The van der Waals surface area contributed by atoms with Crippen LogP contribution in [0.5, 0.6) is 5.75 Å². The highest BCUT2D eigenvalue weighted by Crippen LogP contribution is 2.24. The van der Waals surface area contributed by atoms with E-state index in [1.807, 2.05) is 4.90 Å². The highest BCUT2D eigenvalue weighted by atomic mass is 35.5. The molecule has 0 spiro atoms. The summed E-state index contributed by atoms with van der Waals surface area (Å²) in [4.78, 5) is 13.5. The van der Waals surface area contributed by atoms with E-state index in [0.29, 0.717) is 28.9 Å². The maximum atomic E-state index is 12.6. The molecule has 31 heavy (non-hydrogen) atoms. The molecule has 1 atom stereocenters. The summed E-state index contributed by atoms with van der Waals surface area (Å²) in [5.74, 6) is -0.544. The molecular weight excluding hydrogens is 463 g/mol. The Labute approximate surface area is 192 Å². The first-order valence-corrected chi connectivity index (χ1v) is 12.1. The van der Waals surface area contributed by atoms with Crippen molar-refractivity contribution in [2.24, 2.45) is 0 Å². The van der Waals surface area contributed by atoms with Gasteiger partial charge >= 0.3 is 5.97 Å². The summed E-state index contributed by atoms with van der Waals surface area (Å²) in [5, 5.41) is 10.4. The first-order chi connectivity index (χ1) is 14.8. The van der Waals surface area contributed by atoms with Gasteiger partial charge in [-0.2, -0.15) is 0 Å². The van der Waals surface area contributed by atoms with Crippen LogP contribution in [0.3, 0.4) is 0 Å². The van der Waals surface area contributed by atoms with Gasteiger partial charge in [0.1, 0.15) is 18.4 Å². The molecule has 2 aromatic rings. The highest BCUT2D eigenvalue weighted by Gasteiger charge is 2.28. The molecule has 0 bridgehead atoms. The third-order valence-electron chi connectivity index (χ3n) is 5.11. The largest absolute Gasteiger partial charge is 0.489 e. The molecule has 1 fully saturated rings. The van der Waals surface area contributed by atoms with Crippen LogP contribution in [0.4, 0.5) is 0 Å². The van der Waals surface area contributed by atoms with Crippen molar-refractivity contribution >= 4 is 39.2 Å². The number of likely N-dealkylation sites (tertiary alicyclic amines) is 1. The Bertz CT molecular complexity index is 1010. The van der Waals surface area contributed by atoms with Crippen LogP contribution in [0.25, 0.3) is 0 Å². The molecule has 2 aromatic carbocycles. The van der Waals surface area contributed by atoms with Gasteiger partial charge in [0, 0.05) is 6.54 Å². The van der Waals surface area contributed by atoms with E-state index in [0.717, 1.165) is 24.8 Å². The van der Waals surface area contributed by atoms with Gasteiger partial charge in [-0.05, 0) is 67.9 Å². The number of carbonyl (C=O) groups is 1. The summed E-state index contributed by atoms with van der Waals surface area (Å²) in [7, 11) is -3.85. The molecule has 0 aliphatic carbocycles. The number of carboxylic acid groups (broad SMARTS) is 1. The number of piperidine rings is 1. The summed E-state index contributed by atoms with van der Waals surface area (Å²) in [6.07, 6.45) is 2.90. The second kappa shape index (κ2) is 10.7. The fourth-order valence-corrected chi connectivity index (χ4v) is 4.74. The van der Waals surface area contributed by atoms with Crippen molar-refractivity contribution in [1.29, 1.82) is 0 Å². The Balaban J connectivity index is 1.59. The van der Waals surface area contributed by atoms with Crippen LogP contribution in [0, 0.1) is 0 Å².